The first-order chi connectivity index (χ1) is 15.3. The highest BCUT2D eigenvalue weighted by Crippen LogP contribution is 2.42. The number of anilines is 1. The van der Waals surface area contributed by atoms with Gasteiger partial charge in [-0.25, -0.2) is 4.39 Å². The van der Waals surface area contributed by atoms with Gasteiger partial charge in [0.2, 0.25) is 0 Å². The molecule has 0 spiro atoms. The lowest BCUT2D eigenvalue weighted by Gasteiger charge is -2.22. The number of ether oxygens (including phenoxy) is 2. The minimum absolute atomic E-state index is 0.102. The van der Waals surface area contributed by atoms with Gasteiger partial charge in [0.1, 0.15) is 17.3 Å². The Morgan fingerprint density at radius 2 is 1.75 bits per heavy atom. The molecule has 2 aromatic carbocycles. The first-order valence-electron chi connectivity index (χ1n) is 9.58. The van der Waals surface area contributed by atoms with Crippen LogP contribution >= 0.6 is 0 Å². The lowest BCUT2D eigenvalue weighted by atomic mass is 9.95. The van der Waals surface area contributed by atoms with Crippen molar-refractivity contribution in [3.05, 3.63) is 76.8 Å². The fraction of sp³-hybridized carbons (Fsp3) is 0.174. The molecule has 32 heavy (non-hydrogen) atoms. The second kappa shape index (κ2) is 8.18. The molecule has 8 nitrogen and oxygen atoms in total. The molecule has 1 N–H and O–H groups in total. The van der Waals surface area contributed by atoms with Crippen molar-refractivity contribution < 1.29 is 33.1 Å². The third kappa shape index (κ3) is 3.47. The molecule has 1 aliphatic heterocycles. The Balaban J connectivity index is 1.93. The molecular weight excluding hydrogens is 419 g/mol. The van der Waals surface area contributed by atoms with Gasteiger partial charge in [-0.2, -0.15) is 0 Å². The van der Waals surface area contributed by atoms with Crippen molar-refractivity contribution in [2.75, 3.05) is 19.1 Å². The first kappa shape index (κ1) is 21.1. The molecule has 9 heteroatoms. The van der Waals surface area contributed by atoms with E-state index in [1.165, 1.54) is 56.7 Å². The number of aliphatic hydroxyl groups excluding tert-OH is 1. The number of aromatic nitrogens is 1. The zero-order valence-corrected chi connectivity index (χ0v) is 17.5. The van der Waals surface area contributed by atoms with Crippen molar-refractivity contribution in [1.29, 1.82) is 0 Å². The minimum Gasteiger partial charge on any atom is -0.507 e. The maximum absolute atomic E-state index is 13.6. The number of hydrogen-bond donors (Lipinski definition) is 1. The number of aliphatic hydroxyl groups is 1. The molecular formula is C23H19FN2O6. The Morgan fingerprint density at radius 3 is 2.34 bits per heavy atom. The van der Waals surface area contributed by atoms with E-state index >= 15 is 0 Å². The van der Waals surface area contributed by atoms with Crippen molar-refractivity contribution in [2.24, 2.45) is 0 Å². The number of Topliss-reactive ketones (excluding diaryl/α,β-unsaturated/α-hetero) is 1. The van der Waals surface area contributed by atoms with Crippen LogP contribution in [0.4, 0.5) is 10.2 Å². The molecule has 2 heterocycles. The topological polar surface area (TPSA) is 102 Å². The van der Waals surface area contributed by atoms with Gasteiger partial charge in [-0.3, -0.25) is 14.5 Å². The lowest BCUT2D eigenvalue weighted by molar-refractivity contribution is -0.132. The Kier molecular flexibility index (Phi) is 5.40. The van der Waals surface area contributed by atoms with E-state index < -0.39 is 29.3 Å². The Labute approximate surface area is 182 Å². The van der Waals surface area contributed by atoms with Crippen LogP contribution < -0.4 is 14.4 Å². The molecule has 0 saturated carbocycles. The summed E-state index contributed by atoms with van der Waals surface area (Å²) >= 11 is 0. The second-order valence-electron chi connectivity index (χ2n) is 7.09. The maximum atomic E-state index is 13.6. The predicted octanol–water partition coefficient (Wildman–Crippen LogP) is 3.77. The van der Waals surface area contributed by atoms with Crippen LogP contribution in [0.2, 0.25) is 0 Å². The number of rotatable bonds is 5. The van der Waals surface area contributed by atoms with Crippen molar-refractivity contribution in [3.8, 4) is 11.5 Å². The number of methoxy groups -OCH3 is 2. The van der Waals surface area contributed by atoms with E-state index in [0.717, 1.165) is 4.90 Å². The number of hydrogen-bond acceptors (Lipinski definition) is 7. The molecule has 4 rings (SSSR count). The van der Waals surface area contributed by atoms with Crippen LogP contribution in [0.3, 0.4) is 0 Å². The average molecular weight is 438 g/mol. The molecule has 1 aliphatic rings. The van der Waals surface area contributed by atoms with Crippen molar-refractivity contribution in [2.45, 2.75) is 13.0 Å². The van der Waals surface area contributed by atoms with E-state index in [9.17, 15) is 19.1 Å². The van der Waals surface area contributed by atoms with Gasteiger partial charge in [-0.1, -0.05) is 17.3 Å². The summed E-state index contributed by atoms with van der Waals surface area (Å²) in [5, 5.41) is 15.0. The summed E-state index contributed by atoms with van der Waals surface area (Å²) in [5.41, 5.74) is 0.479. The molecule has 0 unspecified atom stereocenters. The lowest BCUT2D eigenvalue weighted by Crippen LogP contribution is -2.29. The summed E-state index contributed by atoms with van der Waals surface area (Å²) in [5.74, 6) is -1.41. The van der Waals surface area contributed by atoms with Gasteiger partial charge in [-0.15, -0.1) is 0 Å². The minimum atomic E-state index is -1.05. The van der Waals surface area contributed by atoms with Crippen LogP contribution in [0, 0.1) is 12.7 Å². The van der Waals surface area contributed by atoms with E-state index in [1.807, 2.05) is 0 Å². The van der Waals surface area contributed by atoms with Gasteiger partial charge in [0.25, 0.3) is 5.78 Å². The molecule has 0 radical (unpaired) electrons. The third-order valence-corrected chi connectivity index (χ3v) is 5.15. The molecule has 1 aromatic heterocycles. The SMILES string of the molecule is COc1ccc(C(O)=C2C(=O)C(=O)N(c3cc(C)on3)[C@H]2c2ccc(F)cc2)cc1OC. The van der Waals surface area contributed by atoms with E-state index in [-0.39, 0.29) is 17.0 Å². The van der Waals surface area contributed by atoms with Crippen LogP contribution in [0.5, 0.6) is 11.5 Å². The predicted molar refractivity (Wildman–Crippen MR) is 112 cm³/mol. The summed E-state index contributed by atoms with van der Waals surface area (Å²) in [7, 11) is 2.91. The second-order valence-corrected chi connectivity index (χ2v) is 7.09. The van der Waals surface area contributed by atoms with Gasteiger partial charge in [-0.05, 0) is 42.8 Å². The smallest absolute Gasteiger partial charge is 0.301 e. The molecule has 0 aliphatic carbocycles. The van der Waals surface area contributed by atoms with Crippen LogP contribution in [0.25, 0.3) is 5.76 Å². The highest BCUT2D eigenvalue weighted by molar-refractivity contribution is 6.51. The summed E-state index contributed by atoms with van der Waals surface area (Å²) in [4.78, 5) is 27.1. The van der Waals surface area contributed by atoms with Gasteiger partial charge in [0.15, 0.2) is 17.3 Å². The number of nitrogens with zero attached hydrogens (tertiary/aromatic N) is 2. The van der Waals surface area contributed by atoms with Crippen molar-refractivity contribution in [3.63, 3.8) is 0 Å². The van der Waals surface area contributed by atoms with Crippen LogP contribution in [-0.2, 0) is 9.59 Å². The summed E-state index contributed by atoms with van der Waals surface area (Å²) in [6.07, 6.45) is 0. The zero-order valence-electron chi connectivity index (χ0n) is 17.5. The Hall–Kier alpha value is -4.14. The monoisotopic (exact) mass is 438 g/mol. The average Bonchev–Trinajstić information content (AvgIpc) is 3.34. The van der Waals surface area contributed by atoms with Crippen LogP contribution in [0.1, 0.15) is 22.9 Å². The third-order valence-electron chi connectivity index (χ3n) is 5.15. The van der Waals surface area contributed by atoms with Gasteiger partial charge in [0.05, 0.1) is 25.8 Å². The number of aryl methyl sites for hydroxylation is 1. The summed E-state index contributed by atoms with van der Waals surface area (Å²) < 4.78 is 29.1. The number of ketones is 1. The molecule has 164 valence electrons. The van der Waals surface area contributed by atoms with Crippen LogP contribution in [0.15, 0.2) is 58.6 Å². The number of amides is 1. The number of carbonyl (C=O) groups is 2. The zero-order chi connectivity index (χ0) is 23.0. The Morgan fingerprint density at radius 1 is 1.06 bits per heavy atom. The molecule has 1 saturated heterocycles. The van der Waals surface area contributed by atoms with E-state index in [2.05, 4.69) is 5.16 Å². The molecule has 0 bridgehead atoms. The Bertz CT molecular complexity index is 1230. The van der Waals surface area contributed by atoms with Gasteiger partial charge in [0, 0.05) is 11.6 Å². The van der Waals surface area contributed by atoms with Crippen molar-refractivity contribution >= 4 is 23.3 Å². The van der Waals surface area contributed by atoms with Crippen molar-refractivity contribution in [1.82, 2.24) is 5.16 Å². The van der Waals surface area contributed by atoms with E-state index in [1.54, 1.807) is 13.0 Å². The first-order valence-corrected chi connectivity index (χ1v) is 9.58. The molecule has 1 amide bonds. The van der Waals surface area contributed by atoms with E-state index in [0.29, 0.717) is 22.8 Å². The standard InChI is InChI=1S/C23H19FN2O6/c1-12-10-18(25-32-12)26-20(13-4-7-15(24)8-5-13)19(22(28)23(26)29)21(27)14-6-9-16(30-2)17(11-14)31-3/h4-11,20,27H,1-3H3/t20-/m0/s1. The van der Waals surface area contributed by atoms with Gasteiger partial charge < -0.3 is 19.1 Å². The molecule has 1 fully saturated rings. The number of carbonyl (C=O) groups excluding carboxylic acids is 2. The highest BCUT2D eigenvalue weighted by atomic mass is 19.1. The quantitative estimate of drug-likeness (QED) is 0.368. The highest BCUT2D eigenvalue weighted by Gasteiger charge is 2.48. The number of benzene rings is 2. The normalized spacial score (nSPS) is 17.6. The van der Waals surface area contributed by atoms with E-state index in [4.69, 9.17) is 14.0 Å². The largest absolute Gasteiger partial charge is 0.507 e. The fourth-order valence-corrected chi connectivity index (χ4v) is 3.64. The maximum Gasteiger partial charge on any atom is 0.301 e. The fourth-order valence-electron chi connectivity index (χ4n) is 3.64. The molecule has 1 atom stereocenters. The molecule has 3 aromatic rings. The summed E-state index contributed by atoms with van der Waals surface area (Å²) in [6.45, 7) is 1.64. The number of halogens is 1. The summed E-state index contributed by atoms with van der Waals surface area (Å²) in [6, 6.07) is 10.3. The van der Waals surface area contributed by atoms with Crippen LogP contribution in [-0.4, -0.2) is 36.2 Å². The van der Waals surface area contributed by atoms with Gasteiger partial charge >= 0.3 is 5.91 Å².